The van der Waals surface area contributed by atoms with Crippen molar-refractivity contribution in [3.05, 3.63) is 71.9 Å². The van der Waals surface area contributed by atoms with Crippen LogP contribution in [0.1, 0.15) is 61.2 Å². The van der Waals surface area contributed by atoms with Crippen molar-refractivity contribution in [1.82, 2.24) is 4.98 Å². The number of pyridine rings is 1. The van der Waals surface area contributed by atoms with E-state index >= 15 is 0 Å². The summed E-state index contributed by atoms with van der Waals surface area (Å²) >= 11 is 0. The highest BCUT2D eigenvalue weighted by molar-refractivity contribution is 5.99. The predicted molar refractivity (Wildman–Crippen MR) is 130 cm³/mol. The number of methoxy groups -OCH3 is 1. The summed E-state index contributed by atoms with van der Waals surface area (Å²) in [4.78, 5) is 18.2. The normalized spacial score (nSPS) is 22.1. The zero-order valence-corrected chi connectivity index (χ0v) is 19.5. The SMILES string of the molecule is CCOC1CCCC(C(=O)c2cc(OC)c3ccccc3n2)CCOC(c2ccccc2)C1. The molecule has 1 fully saturated rings. The van der Waals surface area contributed by atoms with Crippen LogP contribution >= 0.6 is 0 Å². The lowest BCUT2D eigenvalue weighted by Crippen LogP contribution is -2.24. The van der Waals surface area contributed by atoms with Crippen molar-refractivity contribution in [3.8, 4) is 5.75 Å². The van der Waals surface area contributed by atoms with Crippen molar-refractivity contribution in [2.45, 2.75) is 51.2 Å². The van der Waals surface area contributed by atoms with Crippen LogP contribution in [-0.2, 0) is 9.47 Å². The Hall–Kier alpha value is -2.76. The molecule has 2 heterocycles. The highest BCUT2D eigenvalue weighted by atomic mass is 16.5. The topological polar surface area (TPSA) is 57.7 Å². The first-order valence-corrected chi connectivity index (χ1v) is 12.0. The lowest BCUT2D eigenvalue weighted by atomic mass is 9.89. The molecule has 0 amide bonds. The summed E-state index contributed by atoms with van der Waals surface area (Å²) in [7, 11) is 1.63. The number of benzene rings is 2. The van der Waals surface area contributed by atoms with Crippen LogP contribution in [0.4, 0.5) is 0 Å². The molecule has 1 aliphatic rings. The van der Waals surface area contributed by atoms with Gasteiger partial charge in [-0.05, 0) is 43.9 Å². The van der Waals surface area contributed by atoms with Crippen molar-refractivity contribution >= 4 is 16.7 Å². The molecule has 3 aromatic rings. The van der Waals surface area contributed by atoms with Gasteiger partial charge in [0.15, 0.2) is 5.78 Å². The minimum Gasteiger partial charge on any atom is -0.496 e. The van der Waals surface area contributed by atoms with Gasteiger partial charge in [-0.2, -0.15) is 0 Å². The third-order valence-corrected chi connectivity index (χ3v) is 6.44. The van der Waals surface area contributed by atoms with Crippen molar-refractivity contribution in [1.29, 1.82) is 0 Å². The van der Waals surface area contributed by atoms with Crippen LogP contribution in [0.5, 0.6) is 5.75 Å². The minimum atomic E-state index is -0.139. The number of para-hydroxylation sites is 1. The first-order valence-electron chi connectivity index (χ1n) is 12.0. The van der Waals surface area contributed by atoms with Gasteiger partial charge in [-0.1, -0.05) is 48.9 Å². The molecule has 0 aliphatic carbocycles. The maximum atomic E-state index is 13.5. The third kappa shape index (κ3) is 5.79. The molecule has 174 valence electrons. The van der Waals surface area contributed by atoms with E-state index in [1.165, 1.54) is 0 Å². The summed E-state index contributed by atoms with van der Waals surface area (Å²) < 4.78 is 17.9. The van der Waals surface area contributed by atoms with Crippen molar-refractivity contribution in [2.24, 2.45) is 5.92 Å². The summed E-state index contributed by atoms with van der Waals surface area (Å²) in [6.07, 6.45) is 4.26. The zero-order chi connectivity index (χ0) is 23.0. The van der Waals surface area contributed by atoms with Crippen molar-refractivity contribution < 1.29 is 19.0 Å². The molecule has 0 bridgehead atoms. The van der Waals surface area contributed by atoms with Gasteiger partial charge in [0.25, 0.3) is 0 Å². The van der Waals surface area contributed by atoms with E-state index in [1.807, 2.05) is 49.4 Å². The van der Waals surface area contributed by atoms with Gasteiger partial charge in [0, 0.05) is 37.0 Å². The molecule has 0 N–H and O–H groups in total. The van der Waals surface area contributed by atoms with E-state index in [4.69, 9.17) is 14.2 Å². The predicted octanol–water partition coefficient (Wildman–Crippen LogP) is 6.17. The Labute approximate surface area is 196 Å². The van der Waals surface area contributed by atoms with Gasteiger partial charge in [0.2, 0.25) is 0 Å². The van der Waals surface area contributed by atoms with Crippen LogP contribution in [0.25, 0.3) is 10.9 Å². The molecule has 0 spiro atoms. The molecule has 1 aromatic heterocycles. The largest absolute Gasteiger partial charge is 0.496 e. The number of ketones is 1. The van der Waals surface area contributed by atoms with Gasteiger partial charge in [0.05, 0.1) is 24.8 Å². The fourth-order valence-electron chi connectivity index (χ4n) is 4.71. The smallest absolute Gasteiger partial charge is 0.184 e. The summed E-state index contributed by atoms with van der Waals surface area (Å²) in [5.74, 6) is 0.605. The standard InChI is InChI=1S/C28H33NO4/c1-3-32-22-13-9-12-21(16-17-33-26(18-22)20-10-5-4-6-11-20)28(30)25-19-27(31-2)23-14-7-8-15-24(23)29-25/h4-8,10-11,14-15,19,21-22,26H,3,9,12-13,16-18H2,1-2H3. The van der Waals surface area contributed by atoms with E-state index < -0.39 is 0 Å². The Balaban J connectivity index is 1.55. The van der Waals surface area contributed by atoms with Crippen LogP contribution in [0.2, 0.25) is 0 Å². The lowest BCUT2D eigenvalue weighted by Gasteiger charge is -2.27. The number of fused-ring (bicyclic) bond motifs is 1. The number of rotatable bonds is 6. The fourth-order valence-corrected chi connectivity index (χ4v) is 4.71. The third-order valence-electron chi connectivity index (χ3n) is 6.44. The second kappa shape index (κ2) is 11.4. The second-order valence-corrected chi connectivity index (χ2v) is 8.59. The molecule has 5 heteroatoms. The summed E-state index contributed by atoms with van der Waals surface area (Å²) in [5.41, 5.74) is 2.40. The summed E-state index contributed by atoms with van der Waals surface area (Å²) in [5, 5.41) is 0.913. The van der Waals surface area contributed by atoms with E-state index in [1.54, 1.807) is 13.2 Å². The van der Waals surface area contributed by atoms with E-state index in [-0.39, 0.29) is 23.9 Å². The number of ether oxygens (including phenoxy) is 3. The number of carbonyl (C=O) groups excluding carboxylic acids is 1. The molecule has 4 rings (SSSR count). The van der Waals surface area contributed by atoms with Crippen molar-refractivity contribution in [3.63, 3.8) is 0 Å². The van der Waals surface area contributed by atoms with Crippen LogP contribution in [0.15, 0.2) is 60.7 Å². The first-order chi connectivity index (χ1) is 16.2. The van der Waals surface area contributed by atoms with Gasteiger partial charge in [0.1, 0.15) is 11.4 Å². The minimum absolute atomic E-state index is 0.0320. The molecule has 1 saturated heterocycles. The van der Waals surface area contributed by atoms with Crippen LogP contribution < -0.4 is 4.74 Å². The van der Waals surface area contributed by atoms with Crippen LogP contribution in [-0.4, -0.2) is 37.2 Å². The number of hydrogen-bond acceptors (Lipinski definition) is 5. The van der Waals surface area contributed by atoms with Gasteiger partial charge < -0.3 is 14.2 Å². The molecule has 0 radical (unpaired) electrons. The Morgan fingerprint density at radius 2 is 1.85 bits per heavy atom. The van der Waals surface area contributed by atoms with E-state index in [0.29, 0.717) is 31.1 Å². The lowest BCUT2D eigenvalue weighted by molar-refractivity contribution is -0.0267. The van der Waals surface area contributed by atoms with Gasteiger partial charge in [-0.3, -0.25) is 4.79 Å². The number of Topliss-reactive ketones (excluding diaryl/α,β-unsaturated/α-hetero) is 1. The number of nitrogens with zero attached hydrogens (tertiary/aromatic N) is 1. The quantitative estimate of drug-likeness (QED) is 0.423. The molecular formula is C28H33NO4. The van der Waals surface area contributed by atoms with Crippen molar-refractivity contribution in [2.75, 3.05) is 20.3 Å². The van der Waals surface area contributed by atoms with E-state index in [9.17, 15) is 4.79 Å². The van der Waals surface area contributed by atoms with Gasteiger partial charge in [-0.15, -0.1) is 0 Å². The maximum absolute atomic E-state index is 13.5. The fraction of sp³-hybridized carbons (Fsp3) is 0.429. The van der Waals surface area contributed by atoms with E-state index in [2.05, 4.69) is 17.1 Å². The first kappa shape index (κ1) is 23.4. The Morgan fingerprint density at radius 1 is 1.06 bits per heavy atom. The highest BCUT2D eigenvalue weighted by Gasteiger charge is 2.26. The Kier molecular flexibility index (Phi) is 8.08. The van der Waals surface area contributed by atoms with E-state index in [0.717, 1.165) is 42.1 Å². The molecule has 1 aliphatic heterocycles. The summed E-state index contributed by atoms with van der Waals surface area (Å²) in [6, 6.07) is 19.8. The number of carbonyl (C=O) groups is 1. The highest BCUT2D eigenvalue weighted by Crippen LogP contribution is 2.31. The average molecular weight is 448 g/mol. The number of aromatic nitrogens is 1. The molecule has 33 heavy (non-hydrogen) atoms. The second-order valence-electron chi connectivity index (χ2n) is 8.59. The Morgan fingerprint density at radius 3 is 2.64 bits per heavy atom. The zero-order valence-electron chi connectivity index (χ0n) is 19.5. The van der Waals surface area contributed by atoms with Gasteiger partial charge >= 0.3 is 0 Å². The van der Waals surface area contributed by atoms with Crippen LogP contribution in [0, 0.1) is 5.92 Å². The monoisotopic (exact) mass is 447 g/mol. The molecule has 3 atom stereocenters. The van der Waals surface area contributed by atoms with Gasteiger partial charge in [-0.25, -0.2) is 4.98 Å². The molecule has 2 aromatic carbocycles. The Bertz CT molecular complexity index is 1050. The molecular weight excluding hydrogens is 414 g/mol. The average Bonchev–Trinajstić information content (AvgIpc) is 2.86. The molecule has 3 unspecified atom stereocenters. The maximum Gasteiger partial charge on any atom is 0.184 e. The number of hydrogen-bond donors (Lipinski definition) is 0. The molecule has 5 nitrogen and oxygen atoms in total. The summed E-state index contributed by atoms with van der Waals surface area (Å²) in [6.45, 7) is 3.23. The molecule has 0 saturated carbocycles. The van der Waals surface area contributed by atoms with Crippen LogP contribution in [0.3, 0.4) is 0 Å².